The number of amides is 1. The Morgan fingerprint density at radius 2 is 1.96 bits per heavy atom. The first-order valence-electron chi connectivity index (χ1n) is 8.94. The Bertz CT molecular complexity index is 936. The lowest BCUT2D eigenvalue weighted by Crippen LogP contribution is -2.49. The molecular formula is C19H23N5OS. The number of thiazole rings is 1. The zero-order chi connectivity index (χ0) is 18.3. The summed E-state index contributed by atoms with van der Waals surface area (Å²) >= 11 is 1.74. The van der Waals surface area contributed by atoms with Gasteiger partial charge in [-0.3, -0.25) is 4.79 Å². The molecule has 0 saturated carbocycles. The van der Waals surface area contributed by atoms with Crippen molar-refractivity contribution in [2.24, 2.45) is 7.05 Å². The minimum Gasteiger partial charge on any atom is -0.345 e. The van der Waals surface area contributed by atoms with E-state index in [1.807, 2.05) is 11.9 Å². The van der Waals surface area contributed by atoms with Gasteiger partial charge < -0.3 is 14.4 Å². The van der Waals surface area contributed by atoms with Gasteiger partial charge >= 0.3 is 0 Å². The Morgan fingerprint density at radius 1 is 1.19 bits per heavy atom. The highest BCUT2D eigenvalue weighted by Crippen LogP contribution is 2.33. The normalized spacial score (nSPS) is 15.2. The highest BCUT2D eigenvalue weighted by molar-refractivity contribution is 7.22. The SMILES string of the molecule is CC(C)c1cccc2sc(N3CCN(C(=O)c4cncn4C)CC3)nc12. The van der Waals surface area contributed by atoms with Gasteiger partial charge in [-0.05, 0) is 17.5 Å². The molecule has 6 nitrogen and oxygen atoms in total. The van der Waals surface area contributed by atoms with Gasteiger partial charge in [0.05, 0.1) is 22.7 Å². The molecule has 0 bridgehead atoms. The molecule has 3 aromatic rings. The molecule has 0 N–H and O–H groups in total. The minimum atomic E-state index is 0.0519. The zero-order valence-corrected chi connectivity index (χ0v) is 16.2. The fraction of sp³-hybridized carbons (Fsp3) is 0.421. The van der Waals surface area contributed by atoms with Crippen LogP contribution >= 0.6 is 11.3 Å². The molecule has 4 rings (SSSR count). The van der Waals surface area contributed by atoms with Crippen LogP contribution in [0.4, 0.5) is 5.13 Å². The monoisotopic (exact) mass is 369 g/mol. The van der Waals surface area contributed by atoms with Crippen LogP contribution in [0.15, 0.2) is 30.7 Å². The molecule has 2 aromatic heterocycles. The van der Waals surface area contributed by atoms with E-state index in [1.54, 1.807) is 28.4 Å². The molecule has 0 atom stereocenters. The van der Waals surface area contributed by atoms with Crippen LogP contribution in [0.2, 0.25) is 0 Å². The van der Waals surface area contributed by atoms with E-state index in [2.05, 4.69) is 41.9 Å². The Balaban J connectivity index is 1.50. The van der Waals surface area contributed by atoms with Crippen LogP contribution in [0.1, 0.15) is 35.8 Å². The second kappa shape index (κ2) is 6.72. The number of hydrogen-bond donors (Lipinski definition) is 0. The van der Waals surface area contributed by atoms with Crippen molar-refractivity contribution < 1.29 is 4.79 Å². The number of rotatable bonds is 3. The van der Waals surface area contributed by atoms with Crippen molar-refractivity contribution in [1.29, 1.82) is 0 Å². The standard InChI is InChI=1S/C19H23N5OS/c1-13(2)14-5-4-6-16-17(14)21-19(26-16)24-9-7-23(8-10-24)18(25)15-11-20-12-22(15)3/h4-6,11-13H,7-10H2,1-3H3. The quantitative estimate of drug-likeness (QED) is 0.712. The molecule has 0 unspecified atom stereocenters. The van der Waals surface area contributed by atoms with Crippen molar-refractivity contribution in [3.63, 3.8) is 0 Å². The number of hydrogen-bond acceptors (Lipinski definition) is 5. The molecule has 1 fully saturated rings. The summed E-state index contributed by atoms with van der Waals surface area (Å²) in [4.78, 5) is 25.8. The van der Waals surface area contributed by atoms with Gasteiger partial charge in [-0.1, -0.05) is 37.3 Å². The van der Waals surface area contributed by atoms with Gasteiger partial charge in [0.25, 0.3) is 5.91 Å². The molecule has 136 valence electrons. The third-order valence-electron chi connectivity index (χ3n) is 4.93. The smallest absolute Gasteiger partial charge is 0.272 e. The predicted molar refractivity (Wildman–Crippen MR) is 105 cm³/mol. The molecule has 0 spiro atoms. The summed E-state index contributed by atoms with van der Waals surface area (Å²) in [7, 11) is 1.85. The predicted octanol–water partition coefficient (Wildman–Crippen LogP) is 3.12. The molecule has 0 aliphatic carbocycles. The third kappa shape index (κ3) is 2.96. The molecule has 3 heterocycles. The second-order valence-corrected chi connectivity index (χ2v) is 8.02. The lowest BCUT2D eigenvalue weighted by Gasteiger charge is -2.34. The zero-order valence-electron chi connectivity index (χ0n) is 15.3. The van der Waals surface area contributed by atoms with Crippen molar-refractivity contribution in [1.82, 2.24) is 19.4 Å². The molecule has 1 aliphatic heterocycles. The topological polar surface area (TPSA) is 54.3 Å². The van der Waals surface area contributed by atoms with Gasteiger partial charge in [0.1, 0.15) is 5.69 Å². The Kier molecular flexibility index (Phi) is 4.40. The summed E-state index contributed by atoms with van der Waals surface area (Å²) in [5.74, 6) is 0.512. The van der Waals surface area contributed by atoms with E-state index >= 15 is 0 Å². The maximum atomic E-state index is 12.6. The van der Waals surface area contributed by atoms with E-state index in [0.29, 0.717) is 24.7 Å². The van der Waals surface area contributed by atoms with E-state index in [1.165, 1.54) is 10.3 Å². The van der Waals surface area contributed by atoms with Crippen molar-refractivity contribution >= 4 is 32.6 Å². The van der Waals surface area contributed by atoms with Crippen LogP contribution in [-0.2, 0) is 7.05 Å². The lowest BCUT2D eigenvalue weighted by atomic mass is 10.0. The largest absolute Gasteiger partial charge is 0.345 e. The lowest BCUT2D eigenvalue weighted by molar-refractivity contribution is 0.0737. The molecule has 7 heteroatoms. The molecule has 1 saturated heterocycles. The first kappa shape index (κ1) is 17.0. The number of nitrogens with zero attached hydrogens (tertiary/aromatic N) is 5. The molecule has 26 heavy (non-hydrogen) atoms. The summed E-state index contributed by atoms with van der Waals surface area (Å²) in [5, 5.41) is 1.06. The first-order valence-corrected chi connectivity index (χ1v) is 9.76. The molecule has 1 amide bonds. The van der Waals surface area contributed by atoms with E-state index in [4.69, 9.17) is 4.98 Å². The number of fused-ring (bicyclic) bond motifs is 1. The van der Waals surface area contributed by atoms with Crippen molar-refractivity contribution in [3.8, 4) is 0 Å². The maximum absolute atomic E-state index is 12.6. The van der Waals surface area contributed by atoms with Gasteiger partial charge in [-0.25, -0.2) is 9.97 Å². The summed E-state index contributed by atoms with van der Waals surface area (Å²) < 4.78 is 3.01. The number of anilines is 1. The molecule has 0 radical (unpaired) electrons. The van der Waals surface area contributed by atoms with Gasteiger partial charge in [0, 0.05) is 33.2 Å². The van der Waals surface area contributed by atoms with Gasteiger partial charge in [0.15, 0.2) is 5.13 Å². The van der Waals surface area contributed by atoms with Crippen LogP contribution in [0.25, 0.3) is 10.2 Å². The fourth-order valence-electron chi connectivity index (χ4n) is 3.39. The van der Waals surface area contributed by atoms with Crippen molar-refractivity contribution in [3.05, 3.63) is 42.0 Å². The summed E-state index contributed by atoms with van der Waals surface area (Å²) in [6.07, 6.45) is 3.30. The third-order valence-corrected chi connectivity index (χ3v) is 6.02. The molecule has 1 aromatic carbocycles. The van der Waals surface area contributed by atoms with E-state index in [-0.39, 0.29) is 5.91 Å². The average molecular weight is 369 g/mol. The Hall–Kier alpha value is -2.41. The number of piperazine rings is 1. The first-order chi connectivity index (χ1) is 12.5. The minimum absolute atomic E-state index is 0.0519. The number of imidazole rings is 1. The number of benzene rings is 1. The van der Waals surface area contributed by atoms with Crippen LogP contribution in [0.3, 0.4) is 0 Å². The number of aryl methyl sites for hydroxylation is 1. The average Bonchev–Trinajstić information content (AvgIpc) is 3.26. The second-order valence-electron chi connectivity index (χ2n) is 7.01. The van der Waals surface area contributed by atoms with E-state index in [0.717, 1.165) is 23.7 Å². The van der Waals surface area contributed by atoms with Gasteiger partial charge in [-0.15, -0.1) is 0 Å². The van der Waals surface area contributed by atoms with Gasteiger partial charge in [-0.2, -0.15) is 0 Å². The maximum Gasteiger partial charge on any atom is 0.272 e. The van der Waals surface area contributed by atoms with Crippen LogP contribution in [0, 0.1) is 0 Å². The Labute approximate surface area is 157 Å². The number of carbonyl (C=O) groups is 1. The summed E-state index contributed by atoms with van der Waals surface area (Å²) in [6.45, 7) is 7.43. The van der Waals surface area contributed by atoms with Crippen molar-refractivity contribution in [2.45, 2.75) is 19.8 Å². The number of carbonyl (C=O) groups excluding carboxylic acids is 1. The van der Waals surface area contributed by atoms with E-state index < -0.39 is 0 Å². The van der Waals surface area contributed by atoms with Crippen LogP contribution in [-0.4, -0.2) is 51.5 Å². The van der Waals surface area contributed by atoms with Crippen molar-refractivity contribution in [2.75, 3.05) is 31.1 Å². The van der Waals surface area contributed by atoms with Crippen LogP contribution < -0.4 is 4.90 Å². The van der Waals surface area contributed by atoms with Gasteiger partial charge in [0.2, 0.25) is 0 Å². The number of para-hydroxylation sites is 1. The summed E-state index contributed by atoms with van der Waals surface area (Å²) in [5.41, 5.74) is 3.06. The summed E-state index contributed by atoms with van der Waals surface area (Å²) in [6, 6.07) is 6.43. The fourth-order valence-corrected chi connectivity index (χ4v) is 4.44. The number of aromatic nitrogens is 3. The molecule has 1 aliphatic rings. The Morgan fingerprint density at radius 3 is 2.62 bits per heavy atom. The van der Waals surface area contributed by atoms with E-state index in [9.17, 15) is 4.79 Å². The highest BCUT2D eigenvalue weighted by Gasteiger charge is 2.25. The molecular weight excluding hydrogens is 346 g/mol. The highest BCUT2D eigenvalue weighted by atomic mass is 32.1. The van der Waals surface area contributed by atoms with Crippen LogP contribution in [0.5, 0.6) is 0 Å².